The highest BCUT2D eigenvalue weighted by atomic mass is 16.7. The smallest absolute Gasteiger partial charge is 0.302 e. The van der Waals surface area contributed by atoms with Crippen LogP contribution in [0.2, 0.25) is 0 Å². The first-order valence-electron chi connectivity index (χ1n) is 7.27. The molecule has 0 amide bonds. The summed E-state index contributed by atoms with van der Waals surface area (Å²) in [5, 5.41) is 2.26. The van der Waals surface area contributed by atoms with Gasteiger partial charge in [-0.2, -0.15) is 5.06 Å². The molecule has 0 aromatic carbocycles. The lowest BCUT2D eigenvalue weighted by Crippen LogP contribution is -2.44. The molecule has 0 N–H and O–H groups in total. The Morgan fingerprint density at radius 3 is 2.94 bits per heavy atom. The number of piperidine rings is 1. The normalized spacial score (nSPS) is 34.6. The number of nitrogens with zero attached hydrogens (tertiary/aromatic N) is 1. The Balaban J connectivity index is 1.78. The summed E-state index contributed by atoms with van der Waals surface area (Å²) in [7, 11) is 0. The quantitative estimate of drug-likeness (QED) is 0.540. The lowest BCUT2D eigenvalue weighted by atomic mass is 9.85. The molecule has 2 bridgehead atoms. The van der Waals surface area contributed by atoms with Crippen LogP contribution in [0, 0.1) is 5.92 Å². The minimum atomic E-state index is -0.179. The Hall–Kier alpha value is -0.610. The maximum Gasteiger partial charge on any atom is 0.302 e. The van der Waals surface area contributed by atoms with Gasteiger partial charge in [-0.05, 0) is 32.1 Å². The highest BCUT2D eigenvalue weighted by Crippen LogP contribution is 2.38. The summed E-state index contributed by atoms with van der Waals surface area (Å²) in [5.41, 5.74) is 0. The van der Waals surface area contributed by atoms with E-state index in [1.54, 1.807) is 0 Å². The molecule has 4 heteroatoms. The van der Waals surface area contributed by atoms with Crippen LogP contribution in [0.4, 0.5) is 0 Å². The number of ether oxygens (including phenoxy) is 1. The predicted octanol–water partition coefficient (Wildman–Crippen LogP) is 2.52. The number of carbonyl (C=O) groups is 1. The molecule has 0 aromatic rings. The van der Waals surface area contributed by atoms with E-state index in [0.717, 1.165) is 19.4 Å². The van der Waals surface area contributed by atoms with Gasteiger partial charge in [0, 0.05) is 24.9 Å². The van der Waals surface area contributed by atoms with Crippen molar-refractivity contribution in [3.8, 4) is 0 Å². The summed E-state index contributed by atoms with van der Waals surface area (Å²) in [6.45, 7) is 5.13. The largest absolute Gasteiger partial charge is 0.466 e. The average molecular weight is 255 g/mol. The van der Waals surface area contributed by atoms with Crippen LogP contribution in [0.15, 0.2) is 0 Å². The van der Waals surface area contributed by atoms with Gasteiger partial charge in [-0.1, -0.05) is 13.3 Å². The molecule has 2 aliphatic rings. The first-order chi connectivity index (χ1) is 8.72. The van der Waals surface area contributed by atoms with Gasteiger partial charge < -0.3 is 4.74 Å². The van der Waals surface area contributed by atoms with Crippen LogP contribution in [-0.2, 0) is 14.4 Å². The Kier molecular flexibility index (Phi) is 5.01. The van der Waals surface area contributed by atoms with Crippen LogP contribution in [0.1, 0.15) is 52.4 Å². The molecule has 2 saturated heterocycles. The van der Waals surface area contributed by atoms with Gasteiger partial charge in [0.2, 0.25) is 0 Å². The van der Waals surface area contributed by atoms with E-state index in [1.165, 1.54) is 32.6 Å². The van der Waals surface area contributed by atoms with Crippen molar-refractivity contribution in [1.29, 1.82) is 0 Å². The van der Waals surface area contributed by atoms with Gasteiger partial charge in [0.1, 0.15) is 0 Å². The lowest BCUT2D eigenvalue weighted by molar-refractivity contribution is -0.170. The fourth-order valence-corrected chi connectivity index (χ4v) is 3.26. The molecule has 0 aliphatic carbocycles. The molecule has 2 aliphatic heterocycles. The van der Waals surface area contributed by atoms with Crippen LogP contribution >= 0.6 is 0 Å². The van der Waals surface area contributed by atoms with E-state index in [4.69, 9.17) is 9.57 Å². The van der Waals surface area contributed by atoms with Crippen LogP contribution in [0.3, 0.4) is 0 Å². The van der Waals surface area contributed by atoms with E-state index >= 15 is 0 Å². The highest BCUT2D eigenvalue weighted by molar-refractivity contribution is 5.65. The summed E-state index contributed by atoms with van der Waals surface area (Å²) in [6, 6.07) is 1.15. The third-order valence-corrected chi connectivity index (χ3v) is 4.11. The number of hydrogen-bond acceptors (Lipinski definition) is 4. The molecule has 1 unspecified atom stereocenters. The molecular formula is C14H25NO3. The van der Waals surface area contributed by atoms with E-state index in [9.17, 15) is 4.79 Å². The predicted molar refractivity (Wildman–Crippen MR) is 68.9 cm³/mol. The van der Waals surface area contributed by atoms with Crippen molar-refractivity contribution in [2.45, 2.75) is 64.5 Å². The molecule has 104 valence electrons. The molecule has 18 heavy (non-hydrogen) atoms. The number of rotatable bonds is 6. The second-order valence-corrected chi connectivity index (χ2v) is 5.49. The summed E-state index contributed by atoms with van der Waals surface area (Å²) >= 11 is 0. The molecule has 2 fully saturated rings. The topological polar surface area (TPSA) is 38.8 Å². The number of esters is 1. The van der Waals surface area contributed by atoms with Gasteiger partial charge in [0.15, 0.2) is 0 Å². The van der Waals surface area contributed by atoms with Crippen LogP contribution in [-0.4, -0.2) is 36.3 Å². The fourth-order valence-electron chi connectivity index (χ4n) is 3.26. The monoisotopic (exact) mass is 255 g/mol. The van der Waals surface area contributed by atoms with Gasteiger partial charge in [-0.25, -0.2) is 0 Å². The van der Waals surface area contributed by atoms with Gasteiger partial charge in [-0.15, -0.1) is 0 Å². The Morgan fingerprint density at radius 1 is 1.39 bits per heavy atom. The second kappa shape index (κ2) is 6.53. The molecule has 0 spiro atoms. The molecule has 2 heterocycles. The van der Waals surface area contributed by atoms with Crippen molar-refractivity contribution in [2.75, 3.05) is 13.2 Å². The number of hydrogen-bond donors (Lipinski definition) is 0. The molecule has 0 saturated carbocycles. The lowest BCUT2D eigenvalue weighted by Gasteiger charge is -2.37. The van der Waals surface area contributed by atoms with Crippen LogP contribution in [0.5, 0.6) is 0 Å². The molecule has 0 aromatic heterocycles. The molecule has 4 nitrogen and oxygen atoms in total. The van der Waals surface area contributed by atoms with Crippen molar-refractivity contribution < 1.29 is 14.4 Å². The van der Waals surface area contributed by atoms with Crippen molar-refractivity contribution >= 4 is 5.97 Å². The van der Waals surface area contributed by atoms with Gasteiger partial charge in [-0.3, -0.25) is 9.63 Å². The molecule has 2 rings (SSSR count). The summed E-state index contributed by atoms with van der Waals surface area (Å²) in [6.07, 6.45) is 7.04. The zero-order chi connectivity index (χ0) is 13.0. The molecule has 4 atom stereocenters. The van der Waals surface area contributed by atoms with E-state index in [-0.39, 0.29) is 5.97 Å². The summed E-state index contributed by atoms with van der Waals surface area (Å²) in [4.78, 5) is 16.6. The van der Waals surface area contributed by atoms with Gasteiger partial charge in [0.25, 0.3) is 0 Å². The number of carbonyl (C=O) groups excluding carboxylic acids is 1. The standard InChI is InChI=1S/C14H25NO3/c1-3-5-13-8-7-12-10-18-15(13)14(12)6-4-9-17-11(2)16/h12-14H,3-10H2,1-2H3/t12-,13-,14+/m0/s1. The first-order valence-corrected chi connectivity index (χ1v) is 7.27. The number of hydroxylamine groups is 2. The van der Waals surface area contributed by atoms with E-state index in [2.05, 4.69) is 12.0 Å². The SMILES string of the molecule is CCC[C@H]1CC[C@H]2CON1[C@@H]2CCCOC(C)=O. The van der Waals surface area contributed by atoms with Crippen LogP contribution < -0.4 is 0 Å². The zero-order valence-electron chi connectivity index (χ0n) is 11.6. The second-order valence-electron chi connectivity index (χ2n) is 5.49. The summed E-state index contributed by atoms with van der Waals surface area (Å²) < 4.78 is 5.00. The maximum absolute atomic E-state index is 10.7. The van der Waals surface area contributed by atoms with Crippen molar-refractivity contribution in [3.05, 3.63) is 0 Å². The molecule has 0 radical (unpaired) electrons. The van der Waals surface area contributed by atoms with Crippen molar-refractivity contribution in [2.24, 2.45) is 5.92 Å². The fraction of sp³-hybridized carbons (Fsp3) is 0.929. The third-order valence-electron chi connectivity index (χ3n) is 4.11. The van der Waals surface area contributed by atoms with Crippen molar-refractivity contribution in [3.63, 3.8) is 0 Å². The van der Waals surface area contributed by atoms with Gasteiger partial charge >= 0.3 is 5.97 Å². The van der Waals surface area contributed by atoms with E-state index in [1.807, 2.05) is 0 Å². The third kappa shape index (κ3) is 3.23. The van der Waals surface area contributed by atoms with Gasteiger partial charge in [0.05, 0.1) is 13.2 Å². The van der Waals surface area contributed by atoms with E-state index < -0.39 is 0 Å². The number of fused-ring (bicyclic) bond motifs is 2. The summed E-state index contributed by atoms with van der Waals surface area (Å²) in [5.74, 6) is 0.512. The Morgan fingerprint density at radius 2 is 2.22 bits per heavy atom. The van der Waals surface area contributed by atoms with Crippen molar-refractivity contribution in [1.82, 2.24) is 5.06 Å². The first kappa shape index (κ1) is 13.8. The maximum atomic E-state index is 10.7. The zero-order valence-corrected chi connectivity index (χ0v) is 11.6. The van der Waals surface area contributed by atoms with E-state index in [0.29, 0.717) is 24.6 Å². The minimum Gasteiger partial charge on any atom is -0.466 e. The highest BCUT2D eigenvalue weighted by Gasteiger charge is 2.42. The minimum absolute atomic E-state index is 0.179. The Labute approximate surface area is 110 Å². The Bertz CT molecular complexity index is 282. The average Bonchev–Trinajstić information content (AvgIpc) is 2.62. The molecular weight excluding hydrogens is 230 g/mol. The van der Waals surface area contributed by atoms with Crippen LogP contribution in [0.25, 0.3) is 0 Å².